The molecule has 88 valence electrons. The molecule has 0 nitrogen and oxygen atoms in total. The van der Waals surface area contributed by atoms with Crippen molar-refractivity contribution in [2.45, 2.75) is 74.7 Å². The highest BCUT2D eigenvalue weighted by Crippen LogP contribution is 2.33. The Labute approximate surface area is 92.5 Å². The van der Waals surface area contributed by atoms with Crippen LogP contribution in [0.1, 0.15) is 74.7 Å². The molecule has 0 aliphatic heterocycles. The highest BCUT2D eigenvalue weighted by Gasteiger charge is 2.21. The van der Waals surface area contributed by atoms with Gasteiger partial charge in [-0.3, -0.25) is 0 Å². The largest absolute Gasteiger partial charge is 0.0683 e. The van der Waals surface area contributed by atoms with Gasteiger partial charge in [-0.15, -0.1) is 0 Å². The third kappa shape index (κ3) is 10.1. The molecule has 0 N–H and O–H groups in total. The second-order valence-electron chi connectivity index (χ2n) is 5.48. The van der Waals surface area contributed by atoms with Gasteiger partial charge in [-0.25, -0.2) is 0 Å². The summed E-state index contributed by atoms with van der Waals surface area (Å²) in [7, 11) is 0. The molecule has 0 radical (unpaired) electrons. The molecule has 0 spiro atoms. The van der Waals surface area contributed by atoms with Crippen molar-refractivity contribution in [3.63, 3.8) is 0 Å². The Hall–Kier alpha value is 0. The molecule has 0 saturated carbocycles. The lowest BCUT2D eigenvalue weighted by molar-refractivity contribution is 0.224. The van der Waals surface area contributed by atoms with Gasteiger partial charge in [-0.05, 0) is 30.1 Å². The van der Waals surface area contributed by atoms with Crippen molar-refractivity contribution in [2.24, 2.45) is 17.3 Å². The Morgan fingerprint density at radius 3 is 1.64 bits per heavy atom. The molecule has 0 bridgehead atoms. The topological polar surface area (TPSA) is 0 Å². The molecule has 1 unspecified atom stereocenters. The van der Waals surface area contributed by atoms with Gasteiger partial charge in [-0.1, -0.05) is 61.8 Å². The maximum absolute atomic E-state index is 2.40. The molecule has 0 amide bonds. The van der Waals surface area contributed by atoms with Crippen molar-refractivity contribution in [3.05, 3.63) is 0 Å². The summed E-state index contributed by atoms with van der Waals surface area (Å²) < 4.78 is 0. The van der Waals surface area contributed by atoms with Crippen molar-refractivity contribution in [1.29, 1.82) is 0 Å². The second-order valence-corrected chi connectivity index (χ2v) is 5.48. The Kier molecular flexibility index (Phi) is 9.76. The number of hydrogen-bond donors (Lipinski definition) is 0. The van der Waals surface area contributed by atoms with Crippen LogP contribution in [0.15, 0.2) is 0 Å². The van der Waals surface area contributed by atoms with Gasteiger partial charge in [0, 0.05) is 0 Å². The van der Waals surface area contributed by atoms with E-state index in [0.717, 1.165) is 11.8 Å². The molecule has 0 rings (SSSR count). The molecule has 0 aromatic rings. The van der Waals surface area contributed by atoms with Crippen molar-refractivity contribution >= 4 is 0 Å². The highest BCUT2D eigenvalue weighted by atomic mass is 14.3. The Bertz CT molecular complexity index is 111. The van der Waals surface area contributed by atoms with E-state index in [-0.39, 0.29) is 0 Å². The van der Waals surface area contributed by atoms with Gasteiger partial charge >= 0.3 is 0 Å². The molecule has 1 atom stereocenters. The standard InChI is InChI=1S/C12H26.C2H6/c1-7-11(4)9-12(5,6)8-10(2)3;1-2/h10-11H,7-9H2,1-6H3;1-2H3. The van der Waals surface area contributed by atoms with Crippen molar-refractivity contribution in [1.82, 2.24) is 0 Å². The average molecular weight is 200 g/mol. The zero-order chi connectivity index (χ0) is 11.8. The van der Waals surface area contributed by atoms with E-state index in [4.69, 9.17) is 0 Å². The van der Waals surface area contributed by atoms with Crippen LogP contribution >= 0.6 is 0 Å². The molecule has 14 heavy (non-hydrogen) atoms. The minimum Gasteiger partial charge on any atom is -0.0683 e. The monoisotopic (exact) mass is 200 g/mol. The number of rotatable bonds is 5. The molecule has 0 aliphatic rings. The van der Waals surface area contributed by atoms with Crippen LogP contribution in [0.25, 0.3) is 0 Å². The van der Waals surface area contributed by atoms with Crippen LogP contribution in [0.5, 0.6) is 0 Å². The van der Waals surface area contributed by atoms with Crippen molar-refractivity contribution in [2.75, 3.05) is 0 Å². The van der Waals surface area contributed by atoms with E-state index in [2.05, 4.69) is 41.5 Å². The molecule has 0 fully saturated rings. The summed E-state index contributed by atoms with van der Waals surface area (Å²) >= 11 is 0. The maximum atomic E-state index is 2.40. The first-order valence-corrected chi connectivity index (χ1v) is 6.37. The first-order valence-electron chi connectivity index (χ1n) is 6.37. The average Bonchev–Trinajstić information content (AvgIpc) is 2.04. The Morgan fingerprint density at radius 1 is 0.929 bits per heavy atom. The summed E-state index contributed by atoms with van der Waals surface area (Å²) in [5.74, 6) is 1.72. The molecular weight excluding hydrogens is 168 g/mol. The van der Waals surface area contributed by atoms with Crippen molar-refractivity contribution in [3.8, 4) is 0 Å². The van der Waals surface area contributed by atoms with E-state index >= 15 is 0 Å². The normalized spacial score (nSPS) is 13.5. The predicted molar refractivity (Wildman–Crippen MR) is 68.7 cm³/mol. The summed E-state index contributed by atoms with van der Waals surface area (Å²) in [4.78, 5) is 0. The molecular formula is C14H32. The van der Waals surface area contributed by atoms with Gasteiger partial charge in [0.2, 0.25) is 0 Å². The molecule has 0 aromatic carbocycles. The molecule has 0 heterocycles. The van der Waals surface area contributed by atoms with Crippen LogP contribution in [0.3, 0.4) is 0 Å². The highest BCUT2D eigenvalue weighted by molar-refractivity contribution is 4.72. The van der Waals surface area contributed by atoms with Crippen LogP contribution < -0.4 is 0 Å². The summed E-state index contributed by atoms with van der Waals surface area (Å²) in [5.41, 5.74) is 0.545. The molecule has 0 saturated heterocycles. The van der Waals surface area contributed by atoms with E-state index in [1.165, 1.54) is 19.3 Å². The van der Waals surface area contributed by atoms with Crippen LogP contribution in [0.2, 0.25) is 0 Å². The SMILES string of the molecule is CC.CCC(C)CC(C)(C)CC(C)C. The van der Waals surface area contributed by atoms with Crippen LogP contribution in [-0.2, 0) is 0 Å². The summed E-state index contributed by atoms with van der Waals surface area (Å²) in [5, 5.41) is 0. The van der Waals surface area contributed by atoms with Crippen LogP contribution in [0, 0.1) is 17.3 Å². The second kappa shape index (κ2) is 8.32. The smallest absolute Gasteiger partial charge is 0.0349 e. The zero-order valence-corrected chi connectivity index (χ0v) is 11.8. The van der Waals surface area contributed by atoms with Gasteiger partial charge in [0.05, 0.1) is 0 Å². The first kappa shape index (κ1) is 16.4. The van der Waals surface area contributed by atoms with Gasteiger partial charge in [0.1, 0.15) is 0 Å². The van der Waals surface area contributed by atoms with E-state index in [9.17, 15) is 0 Å². The van der Waals surface area contributed by atoms with Crippen LogP contribution in [-0.4, -0.2) is 0 Å². The Balaban J connectivity index is 0. The molecule has 0 heteroatoms. The summed E-state index contributed by atoms with van der Waals surface area (Å²) in [6.45, 7) is 18.1. The fourth-order valence-corrected chi connectivity index (χ4v) is 2.28. The molecule has 0 aliphatic carbocycles. The van der Waals surface area contributed by atoms with E-state index < -0.39 is 0 Å². The van der Waals surface area contributed by atoms with Gasteiger partial charge in [-0.2, -0.15) is 0 Å². The number of hydrogen-bond acceptors (Lipinski definition) is 0. The van der Waals surface area contributed by atoms with Crippen molar-refractivity contribution < 1.29 is 0 Å². The lowest BCUT2D eigenvalue weighted by atomic mass is 9.77. The lowest BCUT2D eigenvalue weighted by Gasteiger charge is -2.29. The quantitative estimate of drug-likeness (QED) is 0.548. The minimum absolute atomic E-state index is 0.545. The third-order valence-electron chi connectivity index (χ3n) is 2.56. The van der Waals surface area contributed by atoms with Gasteiger partial charge in [0.25, 0.3) is 0 Å². The zero-order valence-electron chi connectivity index (χ0n) is 11.8. The van der Waals surface area contributed by atoms with Crippen LogP contribution in [0.4, 0.5) is 0 Å². The van der Waals surface area contributed by atoms with Gasteiger partial charge in [0.15, 0.2) is 0 Å². The lowest BCUT2D eigenvalue weighted by Crippen LogP contribution is -2.17. The molecule has 0 aromatic heterocycles. The van der Waals surface area contributed by atoms with E-state index in [0.29, 0.717) is 5.41 Å². The maximum Gasteiger partial charge on any atom is -0.0349 e. The third-order valence-corrected chi connectivity index (χ3v) is 2.56. The first-order chi connectivity index (χ1) is 6.37. The fraction of sp³-hybridized carbons (Fsp3) is 1.00. The summed E-state index contributed by atoms with van der Waals surface area (Å²) in [6, 6.07) is 0. The van der Waals surface area contributed by atoms with E-state index in [1.807, 2.05) is 13.8 Å². The minimum atomic E-state index is 0.545. The van der Waals surface area contributed by atoms with Gasteiger partial charge < -0.3 is 0 Å². The Morgan fingerprint density at radius 2 is 1.36 bits per heavy atom. The fourth-order valence-electron chi connectivity index (χ4n) is 2.28. The van der Waals surface area contributed by atoms with E-state index in [1.54, 1.807) is 0 Å². The predicted octanol–water partition coefficient (Wildman–Crippen LogP) is 5.52. The summed E-state index contributed by atoms with van der Waals surface area (Å²) in [6.07, 6.45) is 4.06.